The minimum absolute atomic E-state index is 0.0917. The zero-order chi connectivity index (χ0) is 15.2. The van der Waals surface area contributed by atoms with E-state index in [1.54, 1.807) is 36.4 Å². The van der Waals surface area contributed by atoms with Gasteiger partial charge in [-0.2, -0.15) is 0 Å². The van der Waals surface area contributed by atoms with Crippen LogP contribution < -0.4 is 10.5 Å². The predicted octanol–water partition coefficient (Wildman–Crippen LogP) is 3.61. The van der Waals surface area contributed by atoms with Crippen LogP contribution in [0.3, 0.4) is 0 Å². The highest BCUT2D eigenvalue weighted by molar-refractivity contribution is 6.28. The van der Waals surface area contributed by atoms with Crippen LogP contribution in [0.4, 0.5) is 11.4 Å². The number of nitro benzene ring substituents is 1. The lowest BCUT2D eigenvalue weighted by Crippen LogP contribution is -2.12. The fraction of sp³-hybridized carbons (Fsp3) is 0.0714. The maximum Gasteiger partial charge on any atom is 0.311 e. The Hall–Kier alpha value is -2.60. The maximum absolute atomic E-state index is 10.9. The van der Waals surface area contributed by atoms with Gasteiger partial charge >= 0.3 is 5.69 Å². The van der Waals surface area contributed by atoms with Crippen molar-refractivity contribution in [3.63, 3.8) is 0 Å². The molecular formula is C14H12ClN3O3. The highest BCUT2D eigenvalue weighted by Gasteiger charge is 2.14. The molecule has 0 unspecified atom stereocenters. The third kappa shape index (κ3) is 3.93. The molecule has 6 nitrogen and oxygen atoms in total. The van der Waals surface area contributed by atoms with Crippen LogP contribution in [0.15, 0.2) is 53.5 Å². The van der Waals surface area contributed by atoms with Gasteiger partial charge in [0.05, 0.1) is 16.5 Å². The molecular weight excluding hydrogens is 294 g/mol. The Bertz CT molecular complexity index is 671. The van der Waals surface area contributed by atoms with E-state index in [0.29, 0.717) is 17.3 Å². The van der Waals surface area contributed by atoms with E-state index in [4.69, 9.17) is 22.1 Å². The van der Waals surface area contributed by atoms with E-state index in [1.165, 1.54) is 12.1 Å². The lowest BCUT2D eigenvalue weighted by Gasteiger charge is -2.06. The van der Waals surface area contributed by atoms with Gasteiger partial charge in [0.25, 0.3) is 0 Å². The third-order valence-electron chi connectivity index (χ3n) is 2.54. The molecule has 2 aromatic rings. The molecule has 0 heterocycles. The van der Waals surface area contributed by atoms with Crippen molar-refractivity contribution in [3.8, 4) is 11.5 Å². The number of amidine groups is 1. The number of hydrogen-bond donors (Lipinski definition) is 1. The van der Waals surface area contributed by atoms with Crippen molar-refractivity contribution in [2.75, 3.05) is 5.88 Å². The summed E-state index contributed by atoms with van der Waals surface area (Å²) in [6, 6.07) is 12.8. The van der Waals surface area contributed by atoms with Crippen LogP contribution in [-0.2, 0) is 0 Å². The topological polar surface area (TPSA) is 90.8 Å². The van der Waals surface area contributed by atoms with Crippen LogP contribution >= 0.6 is 11.6 Å². The summed E-state index contributed by atoms with van der Waals surface area (Å²) in [4.78, 5) is 14.5. The highest BCUT2D eigenvalue weighted by atomic mass is 35.5. The van der Waals surface area contributed by atoms with Gasteiger partial charge in [0, 0.05) is 6.07 Å². The Balaban J connectivity index is 2.20. The molecule has 0 aliphatic carbocycles. The summed E-state index contributed by atoms with van der Waals surface area (Å²) in [5, 5.41) is 10.9. The van der Waals surface area contributed by atoms with E-state index < -0.39 is 4.92 Å². The number of nitrogens with zero attached hydrogens (tertiary/aromatic N) is 2. The molecule has 2 rings (SSSR count). The summed E-state index contributed by atoms with van der Waals surface area (Å²) in [5.74, 6) is 1.10. The standard InChI is InChI=1S/C14H12ClN3O3/c15-9-14(16)17-10-5-7-11(8-6-10)21-13-4-2-1-3-12(13)18(19)20/h1-8H,9H2,(H2,16,17). The Morgan fingerprint density at radius 1 is 1.24 bits per heavy atom. The van der Waals surface area contributed by atoms with Crippen LogP contribution in [0, 0.1) is 10.1 Å². The van der Waals surface area contributed by atoms with E-state index in [1.807, 2.05) is 0 Å². The van der Waals surface area contributed by atoms with E-state index in [0.717, 1.165) is 0 Å². The zero-order valence-corrected chi connectivity index (χ0v) is 11.7. The number of para-hydroxylation sites is 2. The molecule has 0 saturated heterocycles. The fourth-order valence-electron chi connectivity index (χ4n) is 1.61. The van der Waals surface area contributed by atoms with Gasteiger partial charge in [-0.05, 0) is 30.3 Å². The van der Waals surface area contributed by atoms with Gasteiger partial charge in [-0.15, -0.1) is 11.6 Å². The molecule has 0 fully saturated rings. The Morgan fingerprint density at radius 2 is 1.90 bits per heavy atom. The van der Waals surface area contributed by atoms with Crippen molar-refractivity contribution in [1.82, 2.24) is 0 Å². The summed E-state index contributed by atoms with van der Waals surface area (Å²) in [7, 11) is 0. The van der Waals surface area contributed by atoms with Gasteiger partial charge in [0.15, 0.2) is 0 Å². The second-order valence-corrected chi connectivity index (χ2v) is 4.32. The molecule has 2 N–H and O–H groups in total. The zero-order valence-electron chi connectivity index (χ0n) is 10.9. The quantitative estimate of drug-likeness (QED) is 0.300. The average molecular weight is 306 g/mol. The lowest BCUT2D eigenvalue weighted by atomic mass is 10.3. The van der Waals surface area contributed by atoms with Crippen LogP contribution in [0.1, 0.15) is 0 Å². The molecule has 0 aliphatic heterocycles. The number of ether oxygens (including phenoxy) is 1. The van der Waals surface area contributed by atoms with E-state index >= 15 is 0 Å². The van der Waals surface area contributed by atoms with Crippen LogP contribution in [0.5, 0.6) is 11.5 Å². The predicted molar refractivity (Wildman–Crippen MR) is 81.6 cm³/mol. The summed E-state index contributed by atoms with van der Waals surface area (Å²) in [6.07, 6.45) is 0. The minimum atomic E-state index is -0.491. The Kier molecular flexibility index (Phi) is 4.73. The van der Waals surface area contributed by atoms with E-state index in [9.17, 15) is 10.1 Å². The fourth-order valence-corrected chi connectivity index (χ4v) is 1.67. The molecule has 0 aromatic heterocycles. The number of rotatable bonds is 5. The number of alkyl halides is 1. The summed E-state index contributed by atoms with van der Waals surface area (Å²) in [5.41, 5.74) is 6.07. The lowest BCUT2D eigenvalue weighted by molar-refractivity contribution is -0.385. The molecule has 0 spiro atoms. The van der Waals surface area contributed by atoms with E-state index in [2.05, 4.69) is 4.99 Å². The first-order valence-corrected chi connectivity index (χ1v) is 6.54. The van der Waals surface area contributed by atoms with Gasteiger partial charge in [-0.25, -0.2) is 4.99 Å². The molecule has 2 aromatic carbocycles. The second-order valence-electron chi connectivity index (χ2n) is 4.06. The molecule has 0 bridgehead atoms. The maximum atomic E-state index is 10.9. The number of benzene rings is 2. The third-order valence-corrected chi connectivity index (χ3v) is 2.81. The molecule has 0 saturated carbocycles. The van der Waals surface area contributed by atoms with Crippen molar-refractivity contribution >= 4 is 28.8 Å². The van der Waals surface area contributed by atoms with Crippen molar-refractivity contribution in [2.45, 2.75) is 0 Å². The number of nitro groups is 1. The van der Waals surface area contributed by atoms with Gasteiger partial charge in [0.2, 0.25) is 5.75 Å². The molecule has 0 aliphatic rings. The number of halogens is 1. The van der Waals surface area contributed by atoms with Gasteiger partial charge in [0.1, 0.15) is 11.6 Å². The highest BCUT2D eigenvalue weighted by Crippen LogP contribution is 2.31. The SMILES string of the molecule is NC(CCl)=Nc1ccc(Oc2ccccc2[N+](=O)[O-])cc1. The van der Waals surface area contributed by atoms with E-state index in [-0.39, 0.29) is 17.3 Å². The summed E-state index contributed by atoms with van der Waals surface area (Å²) >= 11 is 5.54. The molecule has 0 radical (unpaired) electrons. The van der Waals surface area contributed by atoms with Gasteiger partial charge < -0.3 is 10.5 Å². The molecule has 0 atom stereocenters. The van der Waals surface area contributed by atoms with Gasteiger partial charge in [-0.1, -0.05) is 12.1 Å². The van der Waals surface area contributed by atoms with Crippen molar-refractivity contribution in [2.24, 2.45) is 10.7 Å². The van der Waals surface area contributed by atoms with Crippen LogP contribution in [0.2, 0.25) is 0 Å². The first kappa shape index (κ1) is 14.8. The van der Waals surface area contributed by atoms with Crippen molar-refractivity contribution in [1.29, 1.82) is 0 Å². The first-order chi connectivity index (χ1) is 10.1. The number of nitrogens with two attached hydrogens (primary N) is 1. The first-order valence-electron chi connectivity index (χ1n) is 6.00. The van der Waals surface area contributed by atoms with Gasteiger partial charge in [-0.3, -0.25) is 10.1 Å². The largest absolute Gasteiger partial charge is 0.450 e. The number of hydrogen-bond acceptors (Lipinski definition) is 4. The molecule has 7 heteroatoms. The average Bonchev–Trinajstić information content (AvgIpc) is 2.49. The monoisotopic (exact) mass is 305 g/mol. The summed E-state index contributed by atoms with van der Waals surface area (Å²) < 4.78 is 5.51. The van der Waals surface area contributed by atoms with Crippen molar-refractivity contribution < 1.29 is 9.66 Å². The summed E-state index contributed by atoms with van der Waals surface area (Å²) in [6.45, 7) is 0. The molecule has 0 amide bonds. The normalized spacial score (nSPS) is 11.2. The Labute approximate surface area is 126 Å². The van der Waals surface area contributed by atoms with Crippen molar-refractivity contribution in [3.05, 3.63) is 58.6 Å². The molecule has 21 heavy (non-hydrogen) atoms. The van der Waals surface area contributed by atoms with Crippen LogP contribution in [0.25, 0.3) is 0 Å². The second kappa shape index (κ2) is 6.71. The molecule has 108 valence electrons. The minimum Gasteiger partial charge on any atom is -0.450 e. The Morgan fingerprint density at radius 3 is 2.52 bits per heavy atom. The van der Waals surface area contributed by atoms with Crippen LogP contribution in [-0.4, -0.2) is 16.6 Å². The number of aliphatic imine (C=N–C) groups is 1. The smallest absolute Gasteiger partial charge is 0.311 e.